The van der Waals surface area contributed by atoms with Crippen molar-refractivity contribution >= 4 is 15.9 Å². The summed E-state index contributed by atoms with van der Waals surface area (Å²) in [7, 11) is 0. The number of hydrogen-bond acceptors (Lipinski definition) is 2. The normalized spacial score (nSPS) is 12.6. The highest BCUT2D eigenvalue weighted by Crippen LogP contribution is 2.44. The van der Waals surface area contributed by atoms with Crippen LogP contribution in [0.5, 0.6) is 11.5 Å². The summed E-state index contributed by atoms with van der Waals surface area (Å²) in [5.74, 6) is -2.38. The minimum Gasteiger partial charge on any atom is -0.503 e. The zero-order chi connectivity index (χ0) is 13.4. The number of hydrogen-bond donors (Lipinski definition) is 1. The highest BCUT2D eigenvalue weighted by atomic mass is 79.9. The number of phenolic OH excluding ortho intramolecular Hbond substituents is 1. The first kappa shape index (κ1) is 13.9. The van der Waals surface area contributed by atoms with Crippen molar-refractivity contribution < 1.29 is 36.2 Å². The lowest BCUT2D eigenvalue weighted by Gasteiger charge is -2.14. The van der Waals surface area contributed by atoms with E-state index in [1.54, 1.807) is 0 Å². The monoisotopic (exact) mass is 324 g/mol. The van der Waals surface area contributed by atoms with E-state index in [2.05, 4.69) is 20.7 Å². The van der Waals surface area contributed by atoms with Crippen molar-refractivity contribution in [2.24, 2.45) is 0 Å². The number of halogens is 7. The fraction of sp³-hybridized carbons (Fsp3) is 0.250. The lowest BCUT2D eigenvalue weighted by atomic mass is 10.2. The molecule has 1 N–H and O–H groups in total. The minimum absolute atomic E-state index is 0.366. The Bertz CT molecular complexity index is 425. The standard InChI is InChI=1S/C8H3BrF6O2/c9-5-3(7(10,11)12)1-2-4(6(5)16)17-8(13,14)15/h1-2,16H. The molecule has 0 amide bonds. The molecule has 0 heterocycles. The molecule has 1 aromatic carbocycles. The molecule has 0 radical (unpaired) electrons. The molecule has 0 aliphatic carbocycles. The van der Waals surface area contributed by atoms with Gasteiger partial charge in [0.2, 0.25) is 0 Å². The Labute approximate surface area is 98.9 Å². The molecular weight excluding hydrogens is 322 g/mol. The molecule has 0 bridgehead atoms. The summed E-state index contributed by atoms with van der Waals surface area (Å²) in [4.78, 5) is 0. The molecular formula is C8H3BrF6O2. The SMILES string of the molecule is Oc1c(OC(F)(F)F)ccc(C(F)(F)F)c1Br. The van der Waals surface area contributed by atoms with Crippen LogP contribution in [0.2, 0.25) is 0 Å². The van der Waals surface area contributed by atoms with E-state index >= 15 is 0 Å². The zero-order valence-corrected chi connectivity index (χ0v) is 9.24. The molecule has 1 rings (SSSR count). The summed E-state index contributed by atoms with van der Waals surface area (Å²) < 4.78 is 74.8. The van der Waals surface area contributed by atoms with Gasteiger partial charge in [0.05, 0.1) is 10.0 Å². The maximum absolute atomic E-state index is 12.3. The van der Waals surface area contributed by atoms with Gasteiger partial charge in [0.1, 0.15) is 0 Å². The van der Waals surface area contributed by atoms with Gasteiger partial charge < -0.3 is 9.84 Å². The Morgan fingerprint density at radius 3 is 2.00 bits per heavy atom. The summed E-state index contributed by atoms with van der Waals surface area (Å²) in [5.41, 5.74) is -1.30. The smallest absolute Gasteiger partial charge is 0.503 e. The van der Waals surface area contributed by atoms with E-state index in [0.29, 0.717) is 12.1 Å². The van der Waals surface area contributed by atoms with E-state index in [4.69, 9.17) is 5.11 Å². The predicted octanol–water partition coefficient (Wildman–Crippen LogP) is 4.07. The number of alkyl halides is 6. The van der Waals surface area contributed by atoms with Crippen LogP contribution in [-0.2, 0) is 6.18 Å². The third-order valence-corrected chi connectivity index (χ3v) is 2.41. The lowest BCUT2D eigenvalue weighted by molar-refractivity contribution is -0.275. The van der Waals surface area contributed by atoms with E-state index in [1.807, 2.05) is 0 Å². The lowest BCUT2D eigenvalue weighted by Crippen LogP contribution is -2.17. The molecule has 0 saturated heterocycles. The largest absolute Gasteiger partial charge is 0.573 e. The Balaban J connectivity index is 3.21. The fourth-order valence-electron chi connectivity index (χ4n) is 0.973. The van der Waals surface area contributed by atoms with Gasteiger partial charge in [-0.25, -0.2) is 0 Å². The van der Waals surface area contributed by atoms with Gasteiger partial charge in [0.15, 0.2) is 11.5 Å². The molecule has 2 nitrogen and oxygen atoms in total. The quantitative estimate of drug-likeness (QED) is 0.789. The number of rotatable bonds is 1. The van der Waals surface area contributed by atoms with E-state index in [1.165, 1.54) is 0 Å². The van der Waals surface area contributed by atoms with Gasteiger partial charge in [0.25, 0.3) is 0 Å². The van der Waals surface area contributed by atoms with E-state index < -0.39 is 34.1 Å². The molecule has 0 spiro atoms. The Morgan fingerprint density at radius 2 is 1.59 bits per heavy atom. The Kier molecular flexibility index (Phi) is 3.51. The van der Waals surface area contributed by atoms with Crippen LogP contribution in [0, 0.1) is 0 Å². The number of ether oxygens (including phenoxy) is 1. The van der Waals surface area contributed by atoms with Crippen LogP contribution in [0.3, 0.4) is 0 Å². The zero-order valence-electron chi connectivity index (χ0n) is 7.66. The van der Waals surface area contributed by atoms with E-state index in [-0.39, 0.29) is 0 Å². The van der Waals surface area contributed by atoms with Crippen LogP contribution < -0.4 is 4.74 Å². The van der Waals surface area contributed by atoms with Crippen molar-refractivity contribution in [2.45, 2.75) is 12.5 Å². The van der Waals surface area contributed by atoms with Crippen LogP contribution in [0.1, 0.15) is 5.56 Å². The molecule has 0 atom stereocenters. The molecule has 0 unspecified atom stereocenters. The minimum atomic E-state index is -5.10. The highest BCUT2D eigenvalue weighted by molar-refractivity contribution is 9.10. The Morgan fingerprint density at radius 1 is 1.06 bits per heavy atom. The summed E-state index contributed by atoms with van der Waals surface area (Å²) in [6, 6.07) is 0.751. The van der Waals surface area contributed by atoms with Gasteiger partial charge >= 0.3 is 12.5 Å². The average molecular weight is 325 g/mol. The van der Waals surface area contributed by atoms with Crippen LogP contribution in [0.4, 0.5) is 26.3 Å². The molecule has 0 saturated carbocycles. The maximum Gasteiger partial charge on any atom is 0.573 e. The molecule has 0 aromatic heterocycles. The summed E-state index contributed by atoms with van der Waals surface area (Å²) in [6.45, 7) is 0. The summed E-state index contributed by atoms with van der Waals surface area (Å²) in [5, 5.41) is 9.13. The second-order valence-electron chi connectivity index (χ2n) is 2.82. The highest BCUT2D eigenvalue weighted by Gasteiger charge is 2.37. The van der Waals surface area contributed by atoms with Crippen LogP contribution in [0.15, 0.2) is 16.6 Å². The Hall–Kier alpha value is -1.12. The third kappa shape index (κ3) is 3.42. The fourth-order valence-corrected chi connectivity index (χ4v) is 1.53. The van der Waals surface area contributed by atoms with Crippen LogP contribution in [-0.4, -0.2) is 11.5 Å². The first-order valence-corrected chi connectivity index (χ1v) is 4.66. The number of aromatic hydroxyl groups is 1. The topological polar surface area (TPSA) is 29.5 Å². The summed E-state index contributed by atoms with van der Waals surface area (Å²) >= 11 is 2.36. The van der Waals surface area contributed by atoms with Crippen molar-refractivity contribution in [1.29, 1.82) is 0 Å². The second kappa shape index (κ2) is 4.28. The first-order valence-electron chi connectivity index (χ1n) is 3.87. The molecule has 1 aromatic rings. The number of benzene rings is 1. The maximum atomic E-state index is 12.3. The van der Waals surface area contributed by atoms with E-state index in [0.717, 1.165) is 0 Å². The van der Waals surface area contributed by atoms with Gasteiger partial charge in [0, 0.05) is 0 Å². The van der Waals surface area contributed by atoms with Crippen molar-refractivity contribution in [1.82, 2.24) is 0 Å². The van der Waals surface area contributed by atoms with Crippen LogP contribution in [0.25, 0.3) is 0 Å². The van der Waals surface area contributed by atoms with Gasteiger partial charge in [-0.15, -0.1) is 13.2 Å². The molecule has 9 heteroatoms. The molecule has 96 valence electrons. The summed E-state index contributed by atoms with van der Waals surface area (Å²) in [6.07, 6.45) is -9.90. The van der Waals surface area contributed by atoms with Gasteiger partial charge in [-0.05, 0) is 28.1 Å². The number of phenols is 1. The third-order valence-electron chi connectivity index (χ3n) is 1.61. The van der Waals surface area contributed by atoms with Crippen LogP contribution >= 0.6 is 15.9 Å². The second-order valence-corrected chi connectivity index (χ2v) is 3.61. The van der Waals surface area contributed by atoms with Gasteiger partial charge in [-0.3, -0.25) is 0 Å². The van der Waals surface area contributed by atoms with Crippen molar-refractivity contribution in [3.8, 4) is 11.5 Å². The van der Waals surface area contributed by atoms with Gasteiger partial charge in [-0.2, -0.15) is 13.2 Å². The van der Waals surface area contributed by atoms with Gasteiger partial charge in [-0.1, -0.05) is 0 Å². The predicted molar refractivity (Wildman–Crippen MR) is 47.5 cm³/mol. The average Bonchev–Trinajstić information content (AvgIpc) is 2.08. The van der Waals surface area contributed by atoms with Crippen molar-refractivity contribution in [3.05, 3.63) is 22.2 Å². The molecule has 17 heavy (non-hydrogen) atoms. The molecule has 0 aliphatic rings. The first-order chi connectivity index (χ1) is 7.52. The van der Waals surface area contributed by atoms with Crippen molar-refractivity contribution in [3.63, 3.8) is 0 Å². The molecule has 0 fully saturated rings. The molecule has 0 aliphatic heterocycles. The van der Waals surface area contributed by atoms with E-state index in [9.17, 15) is 26.3 Å². The van der Waals surface area contributed by atoms with Crippen molar-refractivity contribution in [2.75, 3.05) is 0 Å².